The highest BCUT2D eigenvalue weighted by Crippen LogP contribution is 2.15. The fraction of sp³-hybridized carbons (Fsp3) is 0.381. The second-order valence-electron chi connectivity index (χ2n) is 6.65. The van der Waals surface area contributed by atoms with Crippen molar-refractivity contribution in [3.05, 3.63) is 65.2 Å². The van der Waals surface area contributed by atoms with Gasteiger partial charge in [0, 0.05) is 44.8 Å². The number of benzene rings is 2. The predicted octanol–water partition coefficient (Wildman–Crippen LogP) is 2.63. The lowest BCUT2D eigenvalue weighted by Crippen LogP contribution is -2.46. The Morgan fingerprint density at radius 3 is 2.70 bits per heavy atom. The summed E-state index contributed by atoms with van der Waals surface area (Å²) in [5.74, 6) is 0.655. The van der Waals surface area contributed by atoms with Crippen LogP contribution in [0.5, 0.6) is 5.75 Å². The van der Waals surface area contributed by atoms with E-state index < -0.39 is 0 Å². The maximum absolute atomic E-state index is 12.4. The van der Waals surface area contributed by atoms with E-state index in [4.69, 9.17) is 4.74 Å². The molecule has 1 amide bonds. The molecular formula is C21H28ClN3O2. The monoisotopic (exact) mass is 389 g/mol. The number of nitrogens with zero attached hydrogens (tertiary/aromatic N) is 1. The molecule has 5 nitrogen and oxygen atoms in total. The van der Waals surface area contributed by atoms with Gasteiger partial charge in [0.1, 0.15) is 12.4 Å². The van der Waals surface area contributed by atoms with Gasteiger partial charge in [-0.3, -0.25) is 9.69 Å². The number of piperazine rings is 1. The van der Waals surface area contributed by atoms with Gasteiger partial charge < -0.3 is 15.4 Å². The van der Waals surface area contributed by atoms with Crippen LogP contribution in [0.4, 0.5) is 0 Å². The highest BCUT2D eigenvalue weighted by molar-refractivity contribution is 5.94. The molecule has 2 aromatic carbocycles. The van der Waals surface area contributed by atoms with Crippen LogP contribution in [0.25, 0.3) is 0 Å². The third kappa shape index (κ3) is 6.86. The van der Waals surface area contributed by atoms with Crippen molar-refractivity contribution in [2.75, 3.05) is 39.3 Å². The van der Waals surface area contributed by atoms with Gasteiger partial charge in [-0.1, -0.05) is 35.9 Å². The maximum atomic E-state index is 12.4. The Kier molecular flexibility index (Phi) is 8.58. The molecule has 1 aliphatic heterocycles. The highest BCUT2D eigenvalue weighted by Gasteiger charge is 2.10. The van der Waals surface area contributed by atoms with Crippen molar-refractivity contribution in [1.29, 1.82) is 0 Å². The molecule has 0 radical (unpaired) electrons. The minimum absolute atomic E-state index is 0. The summed E-state index contributed by atoms with van der Waals surface area (Å²) in [5, 5.41) is 6.33. The van der Waals surface area contributed by atoms with Gasteiger partial charge in [-0.25, -0.2) is 0 Å². The third-order valence-electron chi connectivity index (χ3n) is 4.51. The summed E-state index contributed by atoms with van der Waals surface area (Å²) in [4.78, 5) is 14.7. The number of rotatable bonds is 7. The molecule has 1 aliphatic rings. The van der Waals surface area contributed by atoms with E-state index in [-0.39, 0.29) is 18.3 Å². The lowest BCUT2D eigenvalue weighted by Gasteiger charge is -2.27. The van der Waals surface area contributed by atoms with Crippen molar-refractivity contribution in [2.24, 2.45) is 0 Å². The molecule has 1 heterocycles. The van der Waals surface area contributed by atoms with Gasteiger partial charge in [-0.05, 0) is 30.7 Å². The van der Waals surface area contributed by atoms with Gasteiger partial charge >= 0.3 is 0 Å². The standard InChI is InChI=1S/C21H27N3O2.ClH/c1-17-4-2-5-18(14-17)16-26-20-7-3-6-19(15-20)21(25)23-10-13-24-11-8-22-9-12-24;/h2-7,14-15,22H,8-13,16H2,1H3,(H,23,25);1H. The number of hydrogen-bond donors (Lipinski definition) is 2. The second-order valence-corrected chi connectivity index (χ2v) is 6.65. The predicted molar refractivity (Wildman–Crippen MR) is 111 cm³/mol. The van der Waals surface area contributed by atoms with Gasteiger partial charge in [0.05, 0.1) is 0 Å². The summed E-state index contributed by atoms with van der Waals surface area (Å²) in [6.45, 7) is 8.23. The number of aryl methyl sites for hydroxylation is 1. The van der Waals surface area contributed by atoms with Gasteiger partial charge in [0.2, 0.25) is 0 Å². The van der Waals surface area contributed by atoms with E-state index in [1.165, 1.54) is 5.56 Å². The quantitative estimate of drug-likeness (QED) is 0.764. The second kappa shape index (κ2) is 10.9. The first-order valence-electron chi connectivity index (χ1n) is 9.20. The lowest BCUT2D eigenvalue weighted by atomic mass is 10.1. The number of ether oxygens (including phenoxy) is 1. The van der Waals surface area contributed by atoms with E-state index in [1.807, 2.05) is 30.3 Å². The van der Waals surface area contributed by atoms with E-state index in [0.717, 1.165) is 38.3 Å². The van der Waals surface area contributed by atoms with Crippen molar-refractivity contribution in [1.82, 2.24) is 15.5 Å². The molecule has 0 bridgehead atoms. The Morgan fingerprint density at radius 2 is 1.93 bits per heavy atom. The fourth-order valence-corrected chi connectivity index (χ4v) is 3.06. The molecule has 0 aromatic heterocycles. The molecule has 0 aliphatic carbocycles. The van der Waals surface area contributed by atoms with E-state index in [9.17, 15) is 4.79 Å². The van der Waals surface area contributed by atoms with E-state index in [0.29, 0.717) is 24.5 Å². The van der Waals surface area contributed by atoms with E-state index >= 15 is 0 Å². The van der Waals surface area contributed by atoms with Gasteiger partial charge in [-0.2, -0.15) is 0 Å². The molecule has 146 valence electrons. The van der Waals surface area contributed by atoms with Crippen LogP contribution in [0.3, 0.4) is 0 Å². The van der Waals surface area contributed by atoms with Crippen LogP contribution in [-0.4, -0.2) is 50.1 Å². The summed E-state index contributed by atoms with van der Waals surface area (Å²) in [6.07, 6.45) is 0. The first-order valence-corrected chi connectivity index (χ1v) is 9.20. The zero-order valence-electron chi connectivity index (χ0n) is 15.7. The highest BCUT2D eigenvalue weighted by atomic mass is 35.5. The zero-order valence-corrected chi connectivity index (χ0v) is 16.6. The summed E-state index contributed by atoms with van der Waals surface area (Å²) >= 11 is 0. The molecule has 0 spiro atoms. The van der Waals surface area contributed by atoms with Crippen molar-refractivity contribution in [2.45, 2.75) is 13.5 Å². The van der Waals surface area contributed by atoms with Gasteiger partial charge in [0.15, 0.2) is 0 Å². The first-order chi connectivity index (χ1) is 12.7. The van der Waals surface area contributed by atoms with Crippen LogP contribution < -0.4 is 15.4 Å². The Labute approximate surface area is 167 Å². The summed E-state index contributed by atoms with van der Waals surface area (Å²) < 4.78 is 5.84. The molecule has 1 saturated heterocycles. The van der Waals surface area contributed by atoms with Crippen molar-refractivity contribution >= 4 is 18.3 Å². The molecule has 0 saturated carbocycles. The van der Waals surface area contributed by atoms with Crippen LogP contribution in [0.1, 0.15) is 21.5 Å². The number of amides is 1. The summed E-state index contributed by atoms with van der Waals surface area (Å²) in [5.41, 5.74) is 2.96. The Hall–Kier alpha value is -2.08. The largest absolute Gasteiger partial charge is 0.489 e. The molecule has 1 fully saturated rings. The van der Waals surface area contributed by atoms with Crippen LogP contribution in [0, 0.1) is 6.92 Å². The topological polar surface area (TPSA) is 53.6 Å². The zero-order chi connectivity index (χ0) is 18.2. The van der Waals surface area contributed by atoms with Crippen molar-refractivity contribution in [3.8, 4) is 5.75 Å². The molecule has 27 heavy (non-hydrogen) atoms. The molecule has 3 rings (SSSR count). The van der Waals surface area contributed by atoms with Gasteiger partial charge in [-0.15, -0.1) is 12.4 Å². The Balaban J connectivity index is 0.00000261. The van der Waals surface area contributed by atoms with Gasteiger partial charge in [0.25, 0.3) is 5.91 Å². The lowest BCUT2D eigenvalue weighted by molar-refractivity contribution is 0.0947. The minimum Gasteiger partial charge on any atom is -0.489 e. The molecule has 2 aromatic rings. The van der Waals surface area contributed by atoms with Crippen LogP contribution >= 0.6 is 12.4 Å². The number of carbonyl (C=O) groups excluding carboxylic acids is 1. The average Bonchev–Trinajstić information content (AvgIpc) is 2.67. The summed E-state index contributed by atoms with van der Waals surface area (Å²) in [7, 11) is 0. The summed E-state index contributed by atoms with van der Waals surface area (Å²) in [6, 6.07) is 15.6. The smallest absolute Gasteiger partial charge is 0.251 e. The number of hydrogen-bond acceptors (Lipinski definition) is 4. The normalized spacial score (nSPS) is 14.3. The van der Waals surface area contributed by atoms with Crippen molar-refractivity contribution in [3.63, 3.8) is 0 Å². The third-order valence-corrected chi connectivity index (χ3v) is 4.51. The van der Waals surface area contributed by atoms with E-state index in [2.05, 4.69) is 34.6 Å². The van der Waals surface area contributed by atoms with Crippen LogP contribution in [0.2, 0.25) is 0 Å². The number of nitrogens with one attached hydrogen (secondary N) is 2. The molecular weight excluding hydrogens is 362 g/mol. The Bertz CT molecular complexity index is 733. The molecule has 0 atom stereocenters. The number of carbonyl (C=O) groups is 1. The number of halogens is 1. The SMILES string of the molecule is Cc1cccc(COc2cccc(C(=O)NCCN3CCNCC3)c2)c1.Cl. The van der Waals surface area contributed by atoms with Crippen LogP contribution in [0.15, 0.2) is 48.5 Å². The Morgan fingerprint density at radius 1 is 1.15 bits per heavy atom. The molecule has 2 N–H and O–H groups in total. The van der Waals surface area contributed by atoms with Crippen LogP contribution in [-0.2, 0) is 6.61 Å². The molecule has 6 heteroatoms. The maximum Gasteiger partial charge on any atom is 0.251 e. The first kappa shape index (κ1) is 21.2. The average molecular weight is 390 g/mol. The van der Waals surface area contributed by atoms with E-state index in [1.54, 1.807) is 6.07 Å². The fourth-order valence-electron chi connectivity index (χ4n) is 3.06. The molecule has 0 unspecified atom stereocenters. The van der Waals surface area contributed by atoms with Crippen molar-refractivity contribution < 1.29 is 9.53 Å². The minimum atomic E-state index is -0.0545.